The summed E-state index contributed by atoms with van der Waals surface area (Å²) in [5, 5.41) is 0. The standard InChI is InChI=1S/C13H21N3O/c1-10-6-13(11(7-14)8-15-10)16(2)9-12-4-3-5-17-12/h6,8,12H,3-5,7,9,14H2,1-2H3. The van der Waals surface area contributed by atoms with E-state index in [-0.39, 0.29) is 0 Å². The van der Waals surface area contributed by atoms with Gasteiger partial charge in [-0.2, -0.15) is 0 Å². The molecule has 0 bridgehead atoms. The number of nitrogens with two attached hydrogens (primary N) is 1. The Kier molecular flexibility index (Phi) is 3.97. The predicted molar refractivity (Wildman–Crippen MR) is 69.1 cm³/mol. The fourth-order valence-corrected chi connectivity index (χ4v) is 2.28. The molecule has 1 aromatic heterocycles. The van der Waals surface area contributed by atoms with E-state index in [1.165, 1.54) is 12.1 Å². The number of hydrogen-bond acceptors (Lipinski definition) is 4. The number of aromatic nitrogens is 1. The first-order chi connectivity index (χ1) is 8.20. The highest BCUT2D eigenvalue weighted by molar-refractivity contribution is 5.53. The molecule has 1 aromatic rings. The van der Waals surface area contributed by atoms with Crippen molar-refractivity contribution in [2.24, 2.45) is 5.73 Å². The van der Waals surface area contributed by atoms with Gasteiger partial charge in [0.05, 0.1) is 6.10 Å². The van der Waals surface area contributed by atoms with Crippen molar-refractivity contribution >= 4 is 5.69 Å². The van der Waals surface area contributed by atoms with Gasteiger partial charge in [-0.15, -0.1) is 0 Å². The van der Waals surface area contributed by atoms with Crippen LogP contribution >= 0.6 is 0 Å². The zero-order valence-corrected chi connectivity index (χ0v) is 10.6. The Morgan fingerprint density at radius 3 is 3.06 bits per heavy atom. The molecule has 4 heteroatoms. The molecule has 0 saturated carbocycles. The lowest BCUT2D eigenvalue weighted by Crippen LogP contribution is -2.29. The minimum atomic E-state index is 0.360. The summed E-state index contributed by atoms with van der Waals surface area (Å²) in [4.78, 5) is 6.52. The average Bonchev–Trinajstić information content (AvgIpc) is 2.81. The van der Waals surface area contributed by atoms with E-state index in [9.17, 15) is 0 Å². The van der Waals surface area contributed by atoms with Crippen molar-refractivity contribution in [1.82, 2.24) is 4.98 Å². The van der Waals surface area contributed by atoms with Crippen molar-refractivity contribution < 1.29 is 4.74 Å². The number of pyridine rings is 1. The van der Waals surface area contributed by atoms with Gasteiger partial charge in [-0.3, -0.25) is 4.98 Å². The summed E-state index contributed by atoms with van der Waals surface area (Å²) in [5.41, 5.74) is 9.04. The fourth-order valence-electron chi connectivity index (χ4n) is 2.28. The van der Waals surface area contributed by atoms with Crippen LogP contribution in [0, 0.1) is 6.92 Å². The highest BCUT2D eigenvalue weighted by Crippen LogP contribution is 2.22. The predicted octanol–water partition coefficient (Wildman–Crippen LogP) is 1.46. The van der Waals surface area contributed by atoms with Gasteiger partial charge in [0, 0.05) is 49.9 Å². The molecular weight excluding hydrogens is 214 g/mol. The lowest BCUT2D eigenvalue weighted by atomic mass is 10.1. The monoisotopic (exact) mass is 235 g/mol. The van der Waals surface area contributed by atoms with Crippen LogP contribution in [0.2, 0.25) is 0 Å². The average molecular weight is 235 g/mol. The van der Waals surface area contributed by atoms with Crippen LogP contribution < -0.4 is 10.6 Å². The zero-order chi connectivity index (χ0) is 12.3. The molecule has 0 radical (unpaired) electrons. The van der Waals surface area contributed by atoms with Gasteiger partial charge in [-0.25, -0.2) is 0 Å². The summed E-state index contributed by atoms with van der Waals surface area (Å²) >= 11 is 0. The molecule has 1 aliphatic heterocycles. The molecule has 0 amide bonds. The Bertz CT molecular complexity index is 375. The second-order valence-corrected chi connectivity index (χ2v) is 4.67. The topological polar surface area (TPSA) is 51.4 Å². The second kappa shape index (κ2) is 5.47. The molecule has 0 spiro atoms. The van der Waals surface area contributed by atoms with E-state index in [1.54, 1.807) is 0 Å². The maximum absolute atomic E-state index is 5.75. The van der Waals surface area contributed by atoms with Crippen LogP contribution in [0.25, 0.3) is 0 Å². The minimum Gasteiger partial charge on any atom is -0.376 e. The molecule has 94 valence electrons. The van der Waals surface area contributed by atoms with Crippen LogP contribution in [0.1, 0.15) is 24.1 Å². The Hall–Kier alpha value is -1.13. The molecular formula is C13H21N3O. The molecule has 1 aliphatic rings. The van der Waals surface area contributed by atoms with Crippen LogP contribution in [-0.2, 0) is 11.3 Å². The van der Waals surface area contributed by atoms with E-state index in [0.29, 0.717) is 12.6 Å². The SMILES string of the molecule is Cc1cc(N(C)CC2CCCO2)c(CN)cn1. The number of rotatable bonds is 4. The summed E-state index contributed by atoms with van der Waals surface area (Å²) in [6, 6.07) is 2.09. The smallest absolute Gasteiger partial charge is 0.0750 e. The maximum Gasteiger partial charge on any atom is 0.0750 e. The Labute approximate surface area is 103 Å². The largest absolute Gasteiger partial charge is 0.376 e. The minimum absolute atomic E-state index is 0.360. The highest BCUT2D eigenvalue weighted by Gasteiger charge is 2.18. The van der Waals surface area contributed by atoms with Crippen LogP contribution in [0.3, 0.4) is 0 Å². The Balaban J connectivity index is 2.11. The molecule has 4 nitrogen and oxygen atoms in total. The van der Waals surface area contributed by atoms with Crippen LogP contribution in [0.15, 0.2) is 12.3 Å². The fraction of sp³-hybridized carbons (Fsp3) is 0.615. The molecule has 1 unspecified atom stereocenters. The normalized spacial score (nSPS) is 19.6. The lowest BCUT2D eigenvalue weighted by Gasteiger charge is -2.25. The number of hydrogen-bond donors (Lipinski definition) is 1. The third kappa shape index (κ3) is 2.96. The third-order valence-corrected chi connectivity index (χ3v) is 3.23. The number of aryl methyl sites for hydroxylation is 1. The van der Waals surface area contributed by atoms with Crippen molar-refractivity contribution in [3.8, 4) is 0 Å². The number of nitrogens with zero attached hydrogens (tertiary/aromatic N) is 2. The van der Waals surface area contributed by atoms with Crippen molar-refractivity contribution in [3.63, 3.8) is 0 Å². The van der Waals surface area contributed by atoms with Crippen molar-refractivity contribution in [1.29, 1.82) is 0 Å². The third-order valence-electron chi connectivity index (χ3n) is 3.23. The van der Waals surface area contributed by atoms with Crippen molar-refractivity contribution in [3.05, 3.63) is 23.5 Å². The quantitative estimate of drug-likeness (QED) is 0.858. The van der Waals surface area contributed by atoms with Gasteiger partial charge in [0.2, 0.25) is 0 Å². The second-order valence-electron chi connectivity index (χ2n) is 4.67. The van der Waals surface area contributed by atoms with Crippen molar-refractivity contribution in [2.75, 3.05) is 25.1 Å². The van der Waals surface area contributed by atoms with Crippen LogP contribution in [0.5, 0.6) is 0 Å². The van der Waals surface area contributed by atoms with Gasteiger partial charge >= 0.3 is 0 Å². The Morgan fingerprint density at radius 1 is 1.59 bits per heavy atom. The van der Waals surface area contributed by atoms with E-state index in [1.807, 2.05) is 13.1 Å². The summed E-state index contributed by atoms with van der Waals surface area (Å²) in [7, 11) is 2.09. The molecule has 17 heavy (non-hydrogen) atoms. The summed E-state index contributed by atoms with van der Waals surface area (Å²) in [6.45, 7) is 4.36. The van der Waals surface area contributed by atoms with Gasteiger partial charge in [-0.05, 0) is 25.8 Å². The van der Waals surface area contributed by atoms with Gasteiger partial charge in [0.25, 0.3) is 0 Å². The zero-order valence-electron chi connectivity index (χ0n) is 10.6. The maximum atomic E-state index is 5.75. The first-order valence-electron chi connectivity index (χ1n) is 6.19. The van der Waals surface area contributed by atoms with Gasteiger partial charge in [0.15, 0.2) is 0 Å². The lowest BCUT2D eigenvalue weighted by molar-refractivity contribution is 0.116. The van der Waals surface area contributed by atoms with E-state index >= 15 is 0 Å². The van der Waals surface area contributed by atoms with Crippen molar-refractivity contribution in [2.45, 2.75) is 32.4 Å². The molecule has 1 atom stereocenters. The molecule has 0 aliphatic carbocycles. The molecule has 2 heterocycles. The summed E-state index contributed by atoms with van der Waals surface area (Å²) in [6.07, 6.45) is 4.57. The molecule has 0 aromatic carbocycles. The van der Waals surface area contributed by atoms with E-state index in [2.05, 4.69) is 23.0 Å². The van der Waals surface area contributed by atoms with Gasteiger partial charge < -0.3 is 15.4 Å². The van der Waals surface area contributed by atoms with Gasteiger partial charge in [-0.1, -0.05) is 0 Å². The van der Waals surface area contributed by atoms with Crippen LogP contribution in [-0.4, -0.2) is 31.3 Å². The summed E-state index contributed by atoms with van der Waals surface area (Å²) < 4.78 is 5.66. The Morgan fingerprint density at radius 2 is 2.41 bits per heavy atom. The number of likely N-dealkylation sites (N-methyl/N-ethyl adjacent to an activating group) is 1. The molecule has 1 saturated heterocycles. The van der Waals surface area contributed by atoms with Gasteiger partial charge in [0.1, 0.15) is 0 Å². The van der Waals surface area contributed by atoms with E-state index < -0.39 is 0 Å². The highest BCUT2D eigenvalue weighted by atomic mass is 16.5. The number of anilines is 1. The molecule has 2 N–H and O–H groups in total. The molecule has 2 rings (SSSR count). The first-order valence-corrected chi connectivity index (χ1v) is 6.19. The van der Waals surface area contributed by atoms with Crippen LogP contribution in [0.4, 0.5) is 5.69 Å². The number of ether oxygens (including phenoxy) is 1. The molecule has 1 fully saturated rings. The van der Waals surface area contributed by atoms with E-state index in [0.717, 1.165) is 30.8 Å². The first kappa shape index (κ1) is 12.3. The summed E-state index contributed by atoms with van der Waals surface area (Å²) in [5.74, 6) is 0. The van der Waals surface area contributed by atoms with E-state index in [4.69, 9.17) is 10.5 Å².